The van der Waals surface area contributed by atoms with Crippen LogP contribution in [0.5, 0.6) is 0 Å². The van der Waals surface area contributed by atoms with Gasteiger partial charge in [0.05, 0.1) is 15.6 Å². The lowest BCUT2D eigenvalue weighted by atomic mass is 10.1. The van der Waals surface area contributed by atoms with Gasteiger partial charge in [0, 0.05) is 26.3 Å². The Hall–Kier alpha value is -2.51. The average Bonchev–Trinajstić information content (AvgIpc) is 3.27. The lowest BCUT2D eigenvalue weighted by Gasteiger charge is -2.05. The first-order valence-corrected chi connectivity index (χ1v) is 10.2. The third-order valence-electron chi connectivity index (χ3n) is 4.26. The molecule has 4 aromatic rings. The quantitative estimate of drug-likeness (QED) is 0.310. The summed E-state index contributed by atoms with van der Waals surface area (Å²) in [4.78, 5) is 28.1. The highest BCUT2D eigenvalue weighted by molar-refractivity contribution is 7.14. The van der Waals surface area contributed by atoms with E-state index in [-0.39, 0.29) is 16.9 Å². The molecule has 29 heavy (non-hydrogen) atoms. The number of benzene rings is 2. The van der Waals surface area contributed by atoms with E-state index in [1.54, 1.807) is 47.8 Å². The molecule has 0 saturated heterocycles. The van der Waals surface area contributed by atoms with E-state index in [0.717, 1.165) is 0 Å². The Labute approximate surface area is 183 Å². The van der Waals surface area contributed by atoms with Gasteiger partial charge in [0.2, 0.25) is 0 Å². The number of carboxylic acid groups (broad SMARTS) is 1. The maximum Gasteiger partial charge on any atom is 0.339 e. The highest BCUT2D eigenvalue weighted by Gasteiger charge is 2.22. The van der Waals surface area contributed by atoms with Crippen LogP contribution in [0.4, 0.5) is 5.69 Å². The van der Waals surface area contributed by atoms with Crippen molar-refractivity contribution in [1.82, 2.24) is 4.98 Å². The first-order chi connectivity index (χ1) is 13.8. The second kappa shape index (κ2) is 7.72. The lowest BCUT2D eigenvalue weighted by molar-refractivity contribution is 0.0699. The molecule has 0 aliphatic rings. The number of hydrogen-bond donors (Lipinski definition) is 3. The number of hydrogen-bond acceptors (Lipinski definition) is 3. The summed E-state index contributed by atoms with van der Waals surface area (Å²) < 4.78 is 0. The second-order valence-electron chi connectivity index (χ2n) is 6.15. The van der Waals surface area contributed by atoms with E-state index in [0.29, 0.717) is 36.4 Å². The molecular weight excluding hydrogens is 455 g/mol. The fourth-order valence-corrected chi connectivity index (χ4v) is 4.62. The molecule has 5 nitrogen and oxygen atoms in total. The Morgan fingerprint density at radius 1 is 1.00 bits per heavy atom. The number of H-pyrrole nitrogens is 1. The van der Waals surface area contributed by atoms with Crippen molar-refractivity contribution in [3.63, 3.8) is 0 Å². The van der Waals surface area contributed by atoms with Crippen LogP contribution in [0.2, 0.25) is 15.1 Å². The Morgan fingerprint density at radius 3 is 2.41 bits per heavy atom. The van der Waals surface area contributed by atoms with Crippen molar-refractivity contribution in [2.24, 2.45) is 0 Å². The Balaban J connectivity index is 1.69. The maximum atomic E-state index is 12.7. The summed E-state index contributed by atoms with van der Waals surface area (Å²) in [5.74, 6) is -1.63. The molecule has 0 bridgehead atoms. The van der Waals surface area contributed by atoms with E-state index in [4.69, 9.17) is 34.8 Å². The number of carboxylic acids is 1. The van der Waals surface area contributed by atoms with E-state index < -0.39 is 11.9 Å². The van der Waals surface area contributed by atoms with Gasteiger partial charge in [-0.1, -0.05) is 46.9 Å². The normalized spacial score (nSPS) is 11.0. The van der Waals surface area contributed by atoms with Crippen molar-refractivity contribution in [2.75, 3.05) is 5.32 Å². The molecule has 0 fully saturated rings. The molecule has 0 saturated carbocycles. The molecule has 3 N–H and O–H groups in total. The Bertz CT molecular complexity index is 1260. The lowest BCUT2D eigenvalue weighted by Crippen LogP contribution is -2.14. The number of amides is 1. The molecule has 4 rings (SSSR count). The van der Waals surface area contributed by atoms with Gasteiger partial charge in [0.15, 0.2) is 0 Å². The predicted octanol–water partition coefficient (Wildman–Crippen LogP) is 6.81. The number of rotatable bonds is 4. The number of nitrogens with one attached hydrogen (secondary N) is 2. The van der Waals surface area contributed by atoms with Crippen LogP contribution in [-0.2, 0) is 0 Å². The zero-order valence-electron chi connectivity index (χ0n) is 14.4. The fourth-order valence-electron chi connectivity index (χ4n) is 2.95. The molecule has 9 heteroatoms. The van der Waals surface area contributed by atoms with Gasteiger partial charge in [0.25, 0.3) is 5.91 Å². The summed E-state index contributed by atoms with van der Waals surface area (Å²) in [6.07, 6.45) is 0. The van der Waals surface area contributed by atoms with Crippen molar-refractivity contribution in [3.8, 4) is 10.4 Å². The minimum atomic E-state index is -1.14. The fraction of sp³-hybridized carbons (Fsp3) is 0. The molecule has 146 valence electrons. The molecule has 0 aliphatic heterocycles. The molecule has 0 atom stereocenters. The van der Waals surface area contributed by atoms with Crippen LogP contribution < -0.4 is 5.32 Å². The van der Waals surface area contributed by atoms with E-state index in [9.17, 15) is 14.7 Å². The van der Waals surface area contributed by atoms with Gasteiger partial charge < -0.3 is 15.4 Å². The van der Waals surface area contributed by atoms with E-state index in [1.807, 2.05) is 0 Å². The van der Waals surface area contributed by atoms with Crippen molar-refractivity contribution in [2.45, 2.75) is 0 Å². The number of fused-ring (bicyclic) bond motifs is 1. The third kappa shape index (κ3) is 3.84. The number of carbonyl (C=O) groups excluding carboxylic acids is 1. The number of aromatic carboxylic acids is 1. The van der Waals surface area contributed by atoms with Crippen molar-refractivity contribution >= 4 is 74.6 Å². The predicted molar refractivity (Wildman–Crippen MR) is 118 cm³/mol. The molecule has 2 aromatic heterocycles. The third-order valence-corrected chi connectivity index (χ3v) is 6.07. The van der Waals surface area contributed by atoms with E-state index >= 15 is 0 Å². The van der Waals surface area contributed by atoms with Crippen LogP contribution in [0.1, 0.15) is 20.8 Å². The molecule has 0 radical (unpaired) electrons. The standard InChI is InChI=1S/C20H11Cl3N2O3S/c21-10-3-1-9(2-4-10)18-17(20(27)28)16(8-29-18)25-19(26)15-7-12-13(23)5-11(22)6-14(12)24-15/h1-8,24H,(H,25,26)(H,27,28). The SMILES string of the molecule is O=C(Nc1csc(-c2ccc(Cl)cc2)c1C(=O)O)c1cc2c(Cl)cc(Cl)cc2[nH]1. The summed E-state index contributed by atoms with van der Waals surface area (Å²) in [5, 5.41) is 16.0. The number of carbonyl (C=O) groups is 2. The summed E-state index contributed by atoms with van der Waals surface area (Å²) in [5.41, 5.74) is 1.77. The summed E-state index contributed by atoms with van der Waals surface area (Å²) in [6, 6.07) is 11.7. The molecule has 1 amide bonds. The highest BCUT2D eigenvalue weighted by Crippen LogP contribution is 2.37. The molecular formula is C20H11Cl3N2O3S. The van der Waals surface area contributed by atoms with Gasteiger partial charge in [-0.05, 0) is 35.9 Å². The average molecular weight is 466 g/mol. The monoisotopic (exact) mass is 464 g/mol. The minimum absolute atomic E-state index is 0.0165. The van der Waals surface area contributed by atoms with E-state index in [1.165, 1.54) is 11.3 Å². The molecule has 0 unspecified atom stereocenters. The Morgan fingerprint density at radius 2 is 1.72 bits per heavy atom. The van der Waals surface area contributed by atoms with Crippen LogP contribution in [0.25, 0.3) is 21.3 Å². The largest absolute Gasteiger partial charge is 0.478 e. The first kappa shape index (κ1) is 19.8. The summed E-state index contributed by atoms with van der Waals surface area (Å²) in [7, 11) is 0. The van der Waals surface area contributed by atoms with Gasteiger partial charge >= 0.3 is 5.97 Å². The van der Waals surface area contributed by atoms with Crippen LogP contribution in [-0.4, -0.2) is 22.0 Å². The first-order valence-electron chi connectivity index (χ1n) is 8.23. The minimum Gasteiger partial charge on any atom is -0.478 e. The molecule has 0 spiro atoms. The van der Waals surface area contributed by atoms with Crippen LogP contribution >= 0.6 is 46.1 Å². The van der Waals surface area contributed by atoms with Gasteiger partial charge in [-0.15, -0.1) is 11.3 Å². The summed E-state index contributed by atoms with van der Waals surface area (Å²) >= 11 is 19.3. The van der Waals surface area contributed by atoms with Crippen LogP contribution in [0.3, 0.4) is 0 Å². The van der Waals surface area contributed by atoms with Gasteiger partial charge in [0.1, 0.15) is 11.3 Å². The topological polar surface area (TPSA) is 82.2 Å². The highest BCUT2D eigenvalue weighted by atomic mass is 35.5. The zero-order chi connectivity index (χ0) is 20.7. The van der Waals surface area contributed by atoms with Crippen molar-refractivity contribution in [1.29, 1.82) is 0 Å². The van der Waals surface area contributed by atoms with Crippen molar-refractivity contribution < 1.29 is 14.7 Å². The second-order valence-corrected chi connectivity index (χ2v) is 8.31. The number of aromatic nitrogens is 1. The smallest absolute Gasteiger partial charge is 0.339 e. The maximum absolute atomic E-state index is 12.7. The summed E-state index contributed by atoms with van der Waals surface area (Å²) in [6.45, 7) is 0. The number of thiophene rings is 1. The van der Waals surface area contributed by atoms with Crippen LogP contribution in [0.15, 0.2) is 47.8 Å². The Kier molecular flexibility index (Phi) is 5.27. The molecule has 2 heterocycles. The van der Waals surface area contributed by atoms with Gasteiger partial charge in [-0.25, -0.2) is 4.79 Å². The molecule has 2 aromatic carbocycles. The molecule has 0 aliphatic carbocycles. The van der Waals surface area contributed by atoms with E-state index in [2.05, 4.69) is 10.3 Å². The zero-order valence-corrected chi connectivity index (χ0v) is 17.5. The van der Waals surface area contributed by atoms with Crippen molar-refractivity contribution in [3.05, 3.63) is 74.2 Å². The van der Waals surface area contributed by atoms with Gasteiger partial charge in [-0.2, -0.15) is 0 Å². The number of halogens is 3. The van der Waals surface area contributed by atoms with Gasteiger partial charge in [-0.3, -0.25) is 4.79 Å². The number of anilines is 1. The van der Waals surface area contributed by atoms with Crippen LogP contribution in [0, 0.1) is 0 Å². The number of aromatic amines is 1.